The summed E-state index contributed by atoms with van der Waals surface area (Å²) in [5.41, 5.74) is 3.92. The molecule has 3 aromatic carbocycles. The number of carbonyl (C=O) groups excluding carboxylic acids is 4. The zero-order chi connectivity index (χ0) is 42.2. The quantitative estimate of drug-likeness (QED) is 0.250. The Labute approximate surface area is 345 Å². The Morgan fingerprint density at radius 1 is 0.898 bits per heavy atom. The van der Waals surface area contributed by atoms with Gasteiger partial charge >= 0.3 is 0 Å². The number of nitriles is 1. The van der Waals surface area contributed by atoms with E-state index in [0.29, 0.717) is 43.1 Å². The molecule has 3 aromatic rings. The molecular weight excluding hydrogens is 754 g/mol. The number of imide groups is 1. The Hall–Kier alpha value is -5.52. The summed E-state index contributed by atoms with van der Waals surface area (Å²) < 4.78 is 27.8. The summed E-state index contributed by atoms with van der Waals surface area (Å²) in [4.78, 5) is 56.5. The molecule has 0 spiro atoms. The fourth-order valence-corrected chi connectivity index (χ4v) is 9.64. The first kappa shape index (κ1) is 41.6. The molecule has 59 heavy (non-hydrogen) atoms. The third-order valence-corrected chi connectivity index (χ3v) is 12.6. The van der Waals surface area contributed by atoms with Gasteiger partial charge in [0.15, 0.2) is 0 Å². The molecule has 4 amide bonds. The number of nitrogens with one attached hydrogen (secondary N) is 3. The molecule has 0 radical (unpaired) electrons. The first-order chi connectivity index (χ1) is 28.0. The first-order valence-corrected chi connectivity index (χ1v) is 20.4. The van der Waals surface area contributed by atoms with E-state index in [1.54, 1.807) is 6.07 Å². The van der Waals surface area contributed by atoms with Gasteiger partial charge in [-0.2, -0.15) is 5.26 Å². The highest BCUT2D eigenvalue weighted by molar-refractivity contribution is 6.04. The van der Waals surface area contributed by atoms with Gasteiger partial charge < -0.3 is 29.9 Å². The molecule has 1 aliphatic carbocycles. The van der Waals surface area contributed by atoms with Crippen LogP contribution < -0.4 is 30.5 Å². The standard InChI is InChI=1S/C45H54FN7O6/c1-27-21-32(22-28(2)35(27)24-47)59-43-44(3,4)42(45(43,5)6)50-39(55)29-7-9-30(10-8-29)53-19-20-58-33(26-53)25-51-15-17-52(18-16-51)31-11-12-34(36(46)23-31)40(56)48-37-13-14-38(54)49-41(37)57/h7-12,21-23,33,37,42-43H,13-20,25-26H2,1-6H3,(H,48,56)(H,50,55)(H,49,54,57)/t33-,37-,42-,43-/m0/s1. The summed E-state index contributed by atoms with van der Waals surface area (Å²) in [5.74, 6) is -1.73. The fraction of sp³-hybridized carbons (Fsp3) is 0.489. The molecule has 0 bridgehead atoms. The van der Waals surface area contributed by atoms with E-state index in [9.17, 15) is 24.4 Å². The minimum atomic E-state index is -0.877. The number of amides is 4. The molecule has 3 heterocycles. The second-order valence-electron chi connectivity index (χ2n) is 17.5. The predicted octanol–water partition coefficient (Wildman–Crippen LogP) is 4.49. The summed E-state index contributed by atoms with van der Waals surface area (Å²) in [7, 11) is 0. The van der Waals surface area contributed by atoms with E-state index in [-0.39, 0.29) is 59.3 Å². The maximum atomic E-state index is 15.1. The number of hydrogen-bond donors (Lipinski definition) is 3. The van der Waals surface area contributed by atoms with Gasteiger partial charge in [-0.05, 0) is 86.0 Å². The van der Waals surface area contributed by atoms with Crippen molar-refractivity contribution in [3.8, 4) is 11.8 Å². The van der Waals surface area contributed by atoms with Gasteiger partial charge in [0.2, 0.25) is 11.8 Å². The van der Waals surface area contributed by atoms with E-state index in [2.05, 4.69) is 64.4 Å². The number of piperazine rings is 1. The fourth-order valence-electron chi connectivity index (χ4n) is 9.64. The second-order valence-corrected chi connectivity index (χ2v) is 17.5. The molecular formula is C45H54FN7O6. The van der Waals surface area contributed by atoms with Crippen molar-refractivity contribution < 1.29 is 33.0 Å². The van der Waals surface area contributed by atoms with Gasteiger partial charge in [-0.25, -0.2) is 4.39 Å². The maximum absolute atomic E-state index is 15.1. The Balaban J connectivity index is 0.879. The van der Waals surface area contributed by atoms with Crippen molar-refractivity contribution in [1.82, 2.24) is 20.9 Å². The number of morpholine rings is 1. The zero-order valence-corrected chi connectivity index (χ0v) is 34.7. The average Bonchev–Trinajstić information content (AvgIpc) is 3.20. The number of hydrogen-bond acceptors (Lipinski definition) is 10. The number of rotatable bonds is 10. The lowest BCUT2D eigenvalue weighted by Crippen LogP contribution is -2.74. The van der Waals surface area contributed by atoms with E-state index >= 15 is 4.39 Å². The van der Waals surface area contributed by atoms with Crippen molar-refractivity contribution in [2.45, 2.75) is 78.7 Å². The predicted molar refractivity (Wildman–Crippen MR) is 221 cm³/mol. The smallest absolute Gasteiger partial charge is 0.254 e. The van der Waals surface area contributed by atoms with Gasteiger partial charge in [0.1, 0.15) is 23.7 Å². The maximum Gasteiger partial charge on any atom is 0.254 e. The molecule has 312 valence electrons. The van der Waals surface area contributed by atoms with Crippen LogP contribution in [0.25, 0.3) is 0 Å². The lowest BCUT2D eigenvalue weighted by atomic mass is 9.49. The zero-order valence-electron chi connectivity index (χ0n) is 34.7. The lowest BCUT2D eigenvalue weighted by molar-refractivity contribution is -0.164. The van der Waals surface area contributed by atoms with E-state index in [1.165, 1.54) is 12.1 Å². The van der Waals surface area contributed by atoms with Crippen LogP contribution in [0.2, 0.25) is 0 Å². The number of halogens is 1. The van der Waals surface area contributed by atoms with Crippen molar-refractivity contribution in [2.75, 3.05) is 62.2 Å². The Morgan fingerprint density at radius 2 is 1.56 bits per heavy atom. The molecule has 3 saturated heterocycles. The topological polar surface area (TPSA) is 156 Å². The lowest BCUT2D eigenvalue weighted by Gasteiger charge is -2.63. The molecule has 3 aliphatic heterocycles. The van der Waals surface area contributed by atoms with Gasteiger partial charge in [0.25, 0.3) is 11.8 Å². The summed E-state index contributed by atoms with van der Waals surface area (Å²) in [6, 6.07) is 17.4. The summed E-state index contributed by atoms with van der Waals surface area (Å²) in [6.45, 7) is 18.0. The molecule has 0 aromatic heterocycles. The molecule has 7 rings (SSSR count). The minimum absolute atomic E-state index is 0.00626. The number of carbonyl (C=O) groups is 4. The van der Waals surface area contributed by atoms with E-state index in [4.69, 9.17) is 9.47 Å². The SMILES string of the molecule is Cc1cc(O[C@H]2C(C)(C)[C@H](NC(=O)c3ccc(N4CCO[C@@H](CN5CCN(c6ccc(C(=O)N[C@H]7CCC(=O)NC7=O)c(F)c6)CC5)C4)cc3)C2(C)C)cc(C)c1C#N. The van der Waals surface area contributed by atoms with Crippen LogP contribution in [0.3, 0.4) is 0 Å². The molecule has 4 aliphatic rings. The monoisotopic (exact) mass is 807 g/mol. The van der Waals surface area contributed by atoms with Crippen LogP contribution in [0.4, 0.5) is 15.8 Å². The van der Waals surface area contributed by atoms with Crippen LogP contribution in [0, 0.1) is 41.8 Å². The number of benzene rings is 3. The number of nitrogens with zero attached hydrogens (tertiary/aromatic N) is 4. The summed E-state index contributed by atoms with van der Waals surface area (Å²) in [6.07, 6.45) is 0.143. The highest BCUT2D eigenvalue weighted by Crippen LogP contribution is 2.55. The number of anilines is 2. The van der Waals surface area contributed by atoms with Crippen LogP contribution in [0.1, 0.15) is 77.9 Å². The van der Waals surface area contributed by atoms with Crippen molar-refractivity contribution in [1.29, 1.82) is 5.26 Å². The van der Waals surface area contributed by atoms with Gasteiger partial charge in [-0.1, -0.05) is 27.7 Å². The number of piperidine rings is 1. The van der Waals surface area contributed by atoms with Crippen LogP contribution in [-0.4, -0.2) is 105 Å². The largest absolute Gasteiger partial charge is 0.489 e. The molecule has 1 saturated carbocycles. The average molecular weight is 808 g/mol. The molecule has 13 nitrogen and oxygen atoms in total. The van der Waals surface area contributed by atoms with Crippen LogP contribution >= 0.6 is 0 Å². The van der Waals surface area contributed by atoms with Gasteiger partial charge in [-0.3, -0.25) is 29.4 Å². The molecule has 2 atom stereocenters. The van der Waals surface area contributed by atoms with E-state index in [0.717, 1.165) is 48.7 Å². The molecule has 0 unspecified atom stereocenters. The van der Waals surface area contributed by atoms with E-state index in [1.807, 2.05) is 50.2 Å². The van der Waals surface area contributed by atoms with Gasteiger partial charge in [-0.15, -0.1) is 0 Å². The third kappa shape index (κ3) is 8.63. The van der Waals surface area contributed by atoms with Crippen LogP contribution in [0.5, 0.6) is 5.75 Å². The van der Waals surface area contributed by atoms with Crippen molar-refractivity contribution in [3.05, 3.63) is 88.2 Å². The Bertz CT molecular complexity index is 2120. The Morgan fingerprint density at radius 3 is 2.19 bits per heavy atom. The summed E-state index contributed by atoms with van der Waals surface area (Å²) in [5, 5.41) is 17.5. The normalized spacial score (nSPS) is 24.0. The van der Waals surface area contributed by atoms with Gasteiger partial charge in [0, 0.05) is 86.0 Å². The molecule has 4 fully saturated rings. The van der Waals surface area contributed by atoms with Crippen LogP contribution in [-0.2, 0) is 14.3 Å². The highest BCUT2D eigenvalue weighted by Gasteiger charge is 2.64. The summed E-state index contributed by atoms with van der Waals surface area (Å²) >= 11 is 0. The van der Waals surface area contributed by atoms with Gasteiger partial charge in [0.05, 0.1) is 29.9 Å². The van der Waals surface area contributed by atoms with Crippen molar-refractivity contribution in [3.63, 3.8) is 0 Å². The van der Waals surface area contributed by atoms with Crippen LogP contribution in [0.15, 0.2) is 54.6 Å². The van der Waals surface area contributed by atoms with E-state index < -0.39 is 23.7 Å². The van der Waals surface area contributed by atoms with Crippen molar-refractivity contribution >= 4 is 35.0 Å². The second kappa shape index (κ2) is 16.6. The number of ether oxygens (including phenoxy) is 2. The Kier molecular flexibility index (Phi) is 11.7. The van der Waals surface area contributed by atoms with Crippen molar-refractivity contribution in [2.24, 2.45) is 10.8 Å². The highest BCUT2D eigenvalue weighted by atomic mass is 19.1. The first-order valence-electron chi connectivity index (χ1n) is 20.4. The minimum Gasteiger partial charge on any atom is -0.489 e. The molecule has 3 N–H and O–H groups in total. The third-order valence-electron chi connectivity index (χ3n) is 12.6. The molecule has 14 heteroatoms. The number of aryl methyl sites for hydroxylation is 2.